The Hall–Kier alpha value is -2.32. The third kappa shape index (κ3) is 4.62. The van der Waals surface area contributed by atoms with Crippen molar-refractivity contribution in [3.05, 3.63) is 29.6 Å². The highest BCUT2D eigenvalue weighted by Crippen LogP contribution is 2.18. The molecule has 0 aromatic heterocycles. The molecule has 0 bridgehead atoms. The van der Waals surface area contributed by atoms with Gasteiger partial charge in [0, 0.05) is 6.42 Å². The average molecular weight is 309 g/mol. The van der Waals surface area contributed by atoms with Gasteiger partial charge in [0.05, 0.1) is 7.11 Å². The number of hydrogen-bond acceptors (Lipinski definition) is 4. The zero-order chi connectivity index (χ0) is 16.2. The molecule has 0 aliphatic carbocycles. The van der Waals surface area contributed by atoms with Crippen LogP contribution in [0, 0.1) is 5.82 Å². The lowest BCUT2D eigenvalue weighted by Gasteiger charge is -2.17. The molecule has 1 unspecified atom stereocenters. The maximum absolute atomic E-state index is 13.1. The van der Waals surface area contributed by atoms with Gasteiger partial charge < -0.3 is 15.2 Å². The first-order chi connectivity index (χ1) is 9.65. The van der Waals surface area contributed by atoms with Crippen molar-refractivity contribution in [2.75, 3.05) is 7.11 Å². The number of nitrogens with one attached hydrogen (secondary N) is 1. The topological polar surface area (TPSA) is 75.6 Å². The predicted octanol–water partition coefficient (Wildman–Crippen LogP) is 1.29. The third-order valence-electron chi connectivity index (χ3n) is 2.50. The van der Waals surface area contributed by atoms with Gasteiger partial charge in [-0.15, -0.1) is 0 Å². The monoisotopic (exact) mass is 309 g/mol. The number of benzene rings is 1. The van der Waals surface area contributed by atoms with Crippen molar-refractivity contribution in [1.82, 2.24) is 5.32 Å². The van der Waals surface area contributed by atoms with Crippen molar-refractivity contribution in [3.8, 4) is 5.75 Å². The molecule has 0 radical (unpaired) electrons. The van der Waals surface area contributed by atoms with E-state index in [0.717, 1.165) is 19.2 Å². The van der Waals surface area contributed by atoms with E-state index in [-0.39, 0.29) is 5.56 Å². The Bertz CT molecular complexity index is 545. The quantitative estimate of drug-likeness (QED) is 0.649. The molecule has 0 aliphatic rings. The van der Waals surface area contributed by atoms with Gasteiger partial charge in [-0.3, -0.25) is 4.79 Å². The van der Waals surface area contributed by atoms with Crippen LogP contribution >= 0.6 is 0 Å². The van der Waals surface area contributed by atoms with Crippen LogP contribution in [0.25, 0.3) is 0 Å². The number of carbonyl (C=O) groups is 2. The first-order valence-electron chi connectivity index (χ1n) is 5.58. The lowest BCUT2D eigenvalue weighted by molar-refractivity contribution is -0.175. The zero-order valence-corrected chi connectivity index (χ0v) is 10.7. The van der Waals surface area contributed by atoms with Crippen molar-refractivity contribution in [2.24, 2.45) is 0 Å². The van der Waals surface area contributed by atoms with E-state index in [1.165, 1.54) is 11.4 Å². The third-order valence-corrected chi connectivity index (χ3v) is 2.50. The smallest absolute Gasteiger partial charge is 0.471 e. The summed E-state index contributed by atoms with van der Waals surface area (Å²) in [5, 5.41) is 10.5. The summed E-state index contributed by atoms with van der Waals surface area (Å²) in [6.07, 6.45) is -5.59. The molecule has 1 aromatic rings. The predicted molar refractivity (Wildman–Crippen MR) is 61.8 cm³/mol. The Morgan fingerprint density at radius 1 is 1.38 bits per heavy atom. The van der Waals surface area contributed by atoms with Gasteiger partial charge in [-0.2, -0.15) is 13.2 Å². The molecule has 1 amide bonds. The van der Waals surface area contributed by atoms with Gasteiger partial charge in [-0.25, -0.2) is 9.18 Å². The number of rotatable bonds is 4. The van der Waals surface area contributed by atoms with E-state index in [1.54, 1.807) is 0 Å². The van der Waals surface area contributed by atoms with E-state index in [4.69, 9.17) is 5.11 Å². The van der Waals surface area contributed by atoms with E-state index in [9.17, 15) is 27.2 Å². The summed E-state index contributed by atoms with van der Waals surface area (Å²) in [6, 6.07) is 1.39. The molecule has 0 saturated carbocycles. The fourth-order valence-corrected chi connectivity index (χ4v) is 1.49. The van der Waals surface area contributed by atoms with Gasteiger partial charge in [-0.1, -0.05) is 6.07 Å². The fourth-order valence-electron chi connectivity index (χ4n) is 1.49. The number of phenols is 1. The van der Waals surface area contributed by atoms with Crippen LogP contribution in [0.4, 0.5) is 17.6 Å². The molecule has 0 heterocycles. The van der Waals surface area contributed by atoms with Crippen LogP contribution in [0.3, 0.4) is 0 Å². The maximum Gasteiger partial charge on any atom is 0.471 e. The highest BCUT2D eigenvalue weighted by Gasteiger charge is 2.41. The minimum atomic E-state index is -5.16. The first-order valence-corrected chi connectivity index (χ1v) is 5.58. The molecule has 1 rings (SSSR count). The molecule has 21 heavy (non-hydrogen) atoms. The van der Waals surface area contributed by atoms with E-state index in [2.05, 4.69) is 4.74 Å². The van der Waals surface area contributed by atoms with Crippen molar-refractivity contribution in [1.29, 1.82) is 0 Å². The van der Waals surface area contributed by atoms with Crippen LogP contribution in [0.1, 0.15) is 5.56 Å². The van der Waals surface area contributed by atoms with Crippen LogP contribution in [-0.2, 0) is 20.7 Å². The number of halogens is 4. The second-order valence-electron chi connectivity index (χ2n) is 4.04. The Morgan fingerprint density at radius 3 is 2.48 bits per heavy atom. The molecule has 5 nitrogen and oxygen atoms in total. The van der Waals surface area contributed by atoms with Crippen LogP contribution in [0.2, 0.25) is 0 Å². The summed E-state index contributed by atoms with van der Waals surface area (Å²) in [5.41, 5.74) is 0.100. The molecule has 0 saturated heterocycles. The number of ether oxygens (including phenoxy) is 1. The van der Waals surface area contributed by atoms with Crippen molar-refractivity contribution in [3.63, 3.8) is 0 Å². The number of amides is 1. The van der Waals surface area contributed by atoms with Crippen LogP contribution in [0.15, 0.2) is 18.2 Å². The summed E-state index contributed by atoms with van der Waals surface area (Å²) in [7, 11) is 0.937. The van der Waals surface area contributed by atoms with E-state index in [1.807, 2.05) is 0 Å². The van der Waals surface area contributed by atoms with E-state index in [0.29, 0.717) is 0 Å². The Labute approximate surface area is 116 Å². The number of alkyl halides is 3. The number of phenolic OH excluding ortho intramolecular Hbond substituents is 1. The number of aromatic hydroxyl groups is 1. The first kappa shape index (κ1) is 16.7. The van der Waals surface area contributed by atoms with Crippen molar-refractivity contribution >= 4 is 11.9 Å². The molecular formula is C12H11F4NO4. The SMILES string of the molecule is COC(=O)C(Cc1ccc(O)c(F)c1)NC(=O)C(F)(F)F. The standard InChI is InChI=1S/C12H11F4NO4/c1-21-10(19)8(17-11(20)12(14,15)16)5-6-2-3-9(18)7(13)4-6/h2-4,8,18H,5H2,1H3,(H,17,20). The molecule has 0 spiro atoms. The van der Waals surface area contributed by atoms with Gasteiger partial charge in [0.1, 0.15) is 6.04 Å². The van der Waals surface area contributed by atoms with Crippen molar-refractivity contribution in [2.45, 2.75) is 18.6 Å². The largest absolute Gasteiger partial charge is 0.505 e. The molecular weight excluding hydrogens is 298 g/mol. The lowest BCUT2D eigenvalue weighted by Crippen LogP contribution is -2.48. The van der Waals surface area contributed by atoms with E-state index >= 15 is 0 Å². The maximum atomic E-state index is 13.1. The summed E-state index contributed by atoms with van der Waals surface area (Å²) in [6.45, 7) is 0. The Kier molecular flexibility index (Phi) is 5.12. The second kappa shape index (κ2) is 6.42. The van der Waals surface area contributed by atoms with Gasteiger partial charge in [0.15, 0.2) is 11.6 Å². The summed E-state index contributed by atoms with van der Waals surface area (Å²) in [4.78, 5) is 22.2. The Morgan fingerprint density at radius 2 is 2.00 bits per heavy atom. The molecule has 9 heteroatoms. The van der Waals surface area contributed by atoms with Gasteiger partial charge >= 0.3 is 18.1 Å². The average Bonchev–Trinajstić information content (AvgIpc) is 2.40. The summed E-state index contributed by atoms with van der Waals surface area (Å²) >= 11 is 0. The normalized spacial score (nSPS) is 12.6. The van der Waals surface area contributed by atoms with E-state index < -0.39 is 42.1 Å². The van der Waals surface area contributed by atoms with Gasteiger partial charge in [0.2, 0.25) is 0 Å². The Balaban J connectivity index is 2.91. The molecule has 1 atom stereocenters. The number of methoxy groups -OCH3 is 1. The summed E-state index contributed by atoms with van der Waals surface area (Å²) < 4.78 is 53.9. The molecule has 1 aromatic carbocycles. The summed E-state index contributed by atoms with van der Waals surface area (Å²) in [5.74, 6) is -5.07. The highest BCUT2D eigenvalue weighted by molar-refractivity contribution is 5.87. The van der Waals surface area contributed by atoms with Crippen LogP contribution in [0.5, 0.6) is 5.75 Å². The highest BCUT2D eigenvalue weighted by atomic mass is 19.4. The molecule has 0 aliphatic heterocycles. The minimum Gasteiger partial charge on any atom is -0.505 e. The second-order valence-corrected chi connectivity index (χ2v) is 4.04. The number of hydrogen-bond donors (Lipinski definition) is 2. The van der Waals surface area contributed by atoms with Crippen LogP contribution in [-0.4, -0.2) is 36.3 Å². The molecule has 0 fully saturated rings. The number of carbonyl (C=O) groups excluding carboxylic acids is 2. The van der Waals surface area contributed by atoms with Crippen molar-refractivity contribution < 1.29 is 37.0 Å². The number of esters is 1. The lowest BCUT2D eigenvalue weighted by atomic mass is 10.1. The van der Waals surface area contributed by atoms with Gasteiger partial charge in [0.25, 0.3) is 0 Å². The fraction of sp³-hybridized carbons (Fsp3) is 0.333. The zero-order valence-electron chi connectivity index (χ0n) is 10.7. The minimum absolute atomic E-state index is 0.100. The van der Waals surface area contributed by atoms with Crippen LogP contribution < -0.4 is 5.32 Å². The van der Waals surface area contributed by atoms with Gasteiger partial charge in [-0.05, 0) is 17.7 Å². The molecule has 2 N–H and O–H groups in total. The molecule has 116 valence electrons.